The smallest absolute Gasteiger partial charge is 0.307 e. The van der Waals surface area contributed by atoms with Gasteiger partial charge in [0.05, 0.1) is 19.6 Å². The Hall–Kier alpha value is -2.18. The summed E-state index contributed by atoms with van der Waals surface area (Å²) in [4.78, 5) is 24.8. The van der Waals surface area contributed by atoms with Crippen molar-refractivity contribution in [1.82, 2.24) is 5.32 Å². The number of methoxy groups -OCH3 is 1. The van der Waals surface area contributed by atoms with Crippen molar-refractivity contribution in [3.63, 3.8) is 0 Å². The largest absolute Gasteiger partial charge is 0.469 e. The van der Waals surface area contributed by atoms with E-state index in [2.05, 4.69) is 5.32 Å². The minimum atomic E-state index is -1.11. The molecule has 2 rings (SSSR count). The van der Waals surface area contributed by atoms with Crippen LogP contribution >= 0.6 is 11.6 Å². The molecule has 132 valence electrons. The Labute approximate surface area is 153 Å². The highest BCUT2D eigenvalue weighted by molar-refractivity contribution is 7.84. The van der Waals surface area contributed by atoms with Gasteiger partial charge in [-0.05, 0) is 35.9 Å². The molecule has 0 heterocycles. The molecule has 0 saturated carbocycles. The molecule has 0 aliphatic carbocycles. The lowest BCUT2D eigenvalue weighted by molar-refractivity contribution is -0.141. The van der Waals surface area contributed by atoms with E-state index < -0.39 is 22.8 Å². The third-order valence-corrected chi connectivity index (χ3v) is 4.91. The van der Waals surface area contributed by atoms with E-state index >= 15 is 0 Å². The van der Waals surface area contributed by atoms with Crippen LogP contribution in [0.5, 0.6) is 0 Å². The van der Waals surface area contributed by atoms with Crippen molar-refractivity contribution in [1.29, 1.82) is 0 Å². The Morgan fingerprint density at radius 1 is 1.16 bits per heavy atom. The molecule has 2 atom stereocenters. The van der Waals surface area contributed by atoms with E-state index in [9.17, 15) is 13.8 Å². The molecule has 0 aromatic heterocycles. The first-order chi connectivity index (χ1) is 11.9. The maximum atomic E-state index is 12.5. The Morgan fingerprint density at radius 2 is 1.80 bits per heavy atom. The molecule has 1 amide bonds. The molecule has 2 aromatic rings. The highest BCUT2D eigenvalue weighted by atomic mass is 35.5. The maximum Gasteiger partial charge on any atom is 0.307 e. The quantitative estimate of drug-likeness (QED) is 0.783. The van der Waals surface area contributed by atoms with Crippen LogP contribution in [-0.4, -0.2) is 29.5 Å². The molecule has 25 heavy (non-hydrogen) atoms. The second kappa shape index (κ2) is 8.78. The summed E-state index contributed by atoms with van der Waals surface area (Å²) in [6.07, 6.45) is 1.53. The SMILES string of the molecule is COC(=O)C[C@H](NC(=O)c1ccc([S@](C)=O)cc1)c1ccccc1Cl. The van der Waals surface area contributed by atoms with Gasteiger partial charge in [-0.1, -0.05) is 29.8 Å². The summed E-state index contributed by atoms with van der Waals surface area (Å²) in [5.74, 6) is -0.816. The van der Waals surface area contributed by atoms with E-state index in [0.29, 0.717) is 21.0 Å². The van der Waals surface area contributed by atoms with Gasteiger partial charge in [-0.25, -0.2) is 0 Å². The molecule has 0 saturated heterocycles. The number of benzene rings is 2. The first-order valence-electron chi connectivity index (χ1n) is 7.48. The van der Waals surface area contributed by atoms with Crippen molar-refractivity contribution in [3.8, 4) is 0 Å². The second-order valence-electron chi connectivity index (χ2n) is 5.31. The molecule has 0 unspecified atom stereocenters. The van der Waals surface area contributed by atoms with Gasteiger partial charge < -0.3 is 10.1 Å². The average Bonchev–Trinajstić information content (AvgIpc) is 2.61. The summed E-state index contributed by atoms with van der Waals surface area (Å²) in [5, 5.41) is 3.26. The zero-order valence-electron chi connectivity index (χ0n) is 13.8. The van der Waals surface area contributed by atoms with Crippen molar-refractivity contribution in [2.75, 3.05) is 13.4 Å². The van der Waals surface area contributed by atoms with Crippen LogP contribution in [0.3, 0.4) is 0 Å². The first-order valence-corrected chi connectivity index (χ1v) is 9.41. The lowest BCUT2D eigenvalue weighted by atomic mass is 10.0. The normalized spacial score (nSPS) is 12.9. The number of rotatable bonds is 6. The first kappa shape index (κ1) is 19.1. The van der Waals surface area contributed by atoms with E-state index in [1.807, 2.05) is 0 Å². The number of carbonyl (C=O) groups excluding carboxylic acids is 2. The van der Waals surface area contributed by atoms with Crippen LogP contribution in [0.1, 0.15) is 28.4 Å². The van der Waals surface area contributed by atoms with Gasteiger partial charge in [0.2, 0.25) is 0 Å². The zero-order valence-corrected chi connectivity index (χ0v) is 15.4. The van der Waals surface area contributed by atoms with E-state index in [1.165, 1.54) is 7.11 Å². The molecule has 7 heteroatoms. The predicted octanol–water partition coefficient (Wildman–Crippen LogP) is 3.11. The highest BCUT2D eigenvalue weighted by Crippen LogP contribution is 2.26. The Bertz CT molecular complexity index is 792. The van der Waals surface area contributed by atoms with E-state index in [1.54, 1.807) is 54.8 Å². The van der Waals surface area contributed by atoms with Gasteiger partial charge in [0.25, 0.3) is 5.91 Å². The molecule has 5 nitrogen and oxygen atoms in total. The van der Waals surface area contributed by atoms with Crippen LogP contribution in [-0.2, 0) is 20.3 Å². The summed E-state index contributed by atoms with van der Waals surface area (Å²) in [5.41, 5.74) is 1.03. The van der Waals surface area contributed by atoms with E-state index in [-0.39, 0.29) is 12.3 Å². The molecule has 0 fully saturated rings. The second-order valence-corrected chi connectivity index (χ2v) is 7.09. The number of halogens is 1. The van der Waals surface area contributed by atoms with Crippen LogP contribution in [0.2, 0.25) is 5.02 Å². The molecular weight excluding hydrogens is 362 g/mol. The molecule has 0 spiro atoms. The molecule has 2 aromatic carbocycles. The maximum absolute atomic E-state index is 12.5. The van der Waals surface area contributed by atoms with Crippen LogP contribution in [0, 0.1) is 0 Å². The number of amides is 1. The number of carbonyl (C=O) groups is 2. The summed E-state index contributed by atoms with van der Waals surface area (Å²) in [6, 6.07) is 12.8. The van der Waals surface area contributed by atoms with Crippen LogP contribution in [0.4, 0.5) is 0 Å². The van der Waals surface area contributed by atoms with E-state index in [0.717, 1.165) is 0 Å². The van der Waals surface area contributed by atoms with E-state index in [4.69, 9.17) is 16.3 Å². The average molecular weight is 380 g/mol. The van der Waals surface area contributed by atoms with Gasteiger partial charge in [0, 0.05) is 32.5 Å². The van der Waals surface area contributed by atoms with Gasteiger partial charge >= 0.3 is 5.97 Å². The van der Waals surface area contributed by atoms with Crippen molar-refractivity contribution < 1.29 is 18.5 Å². The number of hydrogen-bond acceptors (Lipinski definition) is 4. The predicted molar refractivity (Wildman–Crippen MR) is 97.1 cm³/mol. The monoisotopic (exact) mass is 379 g/mol. The van der Waals surface area contributed by atoms with Gasteiger partial charge in [-0.3, -0.25) is 13.8 Å². The van der Waals surface area contributed by atoms with Crippen molar-refractivity contribution in [2.45, 2.75) is 17.4 Å². The third kappa shape index (κ3) is 5.14. The van der Waals surface area contributed by atoms with Crippen LogP contribution in [0.15, 0.2) is 53.4 Å². The van der Waals surface area contributed by atoms with Crippen molar-refractivity contribution in [2.24, 2.45) is 0 Å². The molecular formula is C18H18ClNO4S. The fourth-order valence-corrected chi connectivity index (χ4v) is 3.07. The molecule has 1 N–H and O–H groups in total. The Balaban J connectivity index is 2.23. The number of ether oxygens (including phenoxy) is 1. The van der Waals surface area contributed by atoms with Gasteiger partial charge in [-0.15, -0.1) is 0 Å². The molecule has 0 aliphatic heterocycles. The van der Waals surface area contributed by atoms with Crippen molar-refractivity contribution >= 4 is 34.3 Å². The topological polar surface area (TPSA) is 72.5 Å². The molecule has 0 radical (unpaired) electrons. The number of esters is 1. The Morgan fingerprint density at radius 3 is 2.36 bits per heavy atom. The summed E-state index contributed by atoms with van der Waals surface area (Å²) in [6.45, 7) is 0. The number of nitrogens with one attached hydrogen (secondary N) is 1. The fourth-order valence-electron chi connectivity index (χ4n) is 2.29. The van der Waals surface area contributed by atoms with Crippen molar-refractivity contribution in [3.05, 3.63) is 64.7 Å². The van der Waals surface area contributed by atoms with Gasteiger partial charge in [0.15, 0.2) is 0 Å². The zero-order chi connectivity index (χ0) is 18.4. The minimum Gasteiger partial charge on any atom is -0.469 e. The Kier molecular flexibility index (Phi) is 6.73. The number of hydrogen-bond donors (Lipinski definition) is 1. The molecule has 0 bridgehead atoms. The third-order valence-electron chi connectivity index (χ3n) is 3.63. The summed E-state index contributed by atoms with van der Waals surface area (Å²) in [7, 11) is 0.176. The highest BCUT2D eigenvalue weighted by Gasteiger charge is 2.21. The fraction of sp³-hybridized carbons (Fsp3) is 0.222. The van der Waals surface area contributed by atoms with Gasteiger partial charge in [0.1, 0.15) is 0 Å². The summed E-state index contributed by atoms with van der Waals surface area (Å²) >= 11 is 6.19. The minimum absolute atomic E-state index is 0.0387. The molecule has 0 aliphatic rings. The van der Waals surface area contributed by atoms with Crippen LogP contribution in [0.25, 0.3) is 0 Å². The standard InChI is InChI=1S/C18H18ClNO4S/c1-24-17(21)11-16(14-5-3-4-6-15(14)19)20-18(22)12-7-9-13(10-8-12)25(2)23/h3-10,16H,11H2,1-2H3,(H,20,22)/t16-,25-/m0/s1. The van der Waals surface area contributed by atoms with Crippen LogP contribution < -0.4 is 5.32 Å². The lowest BCUT2D eigenvalue weighted by Gasteiger charge is -2.19. The lowest BCUT2D eigenvalue weighted by Crippen LogP contribution is -2.30. The summed E-state index contributed by atoms with van der Waals surface area (Å²) < 4.78 is 16.1. The van der Waals surface area contributed by atoms with Gasteiger partial charge in [-0.2, -0.15) is 0 Å².